The minimum atomic E-state index is -0.167. The van der Waals surface area contributed by atoms with Crippen molar-refractivity contribution in [3.05, 3.63) is 70.1 Å². The van der Waals surface area contributed by atoms with Gasteiger partial charge in [-0.1, -0.05) is 30.3 Å². The molecule has 3 rings (SSSR count). The average molecular weight is 312 g/mol. The third-order valence-electron chi connectivity index (χ3n) is 4.22. The van der Waals surface area contributed by atoms with Gasteiger partial charge in [0.25, 0.3) is 5.91 Å². The lowest BCUT2D eigenvalue weighted by Crippen LogP contribution is -2.31. The van der Waals surface area contributed by atoms with Gasteiger partial charge in [0.15, 0.2) is 0 Å². The number of carbonyl (C=O) groups excluding carboxylic acids is 1. The fourth-order valence-corrected chi connectivity index (χ4v) is 2.91. The fraction of sp³-hybridized carbons (Fsp3) is 0.333. The Morgan fingerprint density at radius 2 is 2.04 bits per heavy atom. The molecule has 1 N–H and O–H groups in total. The van der Waals surface area contributed by atoms with Gasteiger partial charge in [-0.25, -0.2) is 0 Å². The van der Waals surface area contributed by atoms with Crippen LogP contribution in [-0.4, -0.2) is 23.6 Å². The van der Waals surface area contributed by atoms with E-state index in [2.05, 4.69) is 17.4 Å². The van der Waals surface area contributed by atoms with Crippen molar-refractivity contribution in [2.24, 2.45) is 13.0 Å². The van der Waals surface area contributed by atoms with Gasteiger partial charge < -0.3 is 14.6 Å². The Balaban J connectivity index is 1.64. The molecule has 0 spiro atoms. The predicted octanol–water partition coefficient (Wildman–Crippen LogP) is 1.89. The van der Waals surface area contributed by atoms with Crippen LogP contribution in [-0.2, 0) is 11.8 Å². The van der Waals surface area contributed by atoms with Gasteiger partial charge in [-0.2, -0.15) is 0 Å². The number of hydrogen-bond acceptors (Lipinski definition) is 3. The quantitative estimate of drug-likeness (QED) is 0.938. The molecule has 1 amide bonds. The van der Waals surface area contributed by atoms with Gasteiger partial charge in [-0.05, 0) is 18.1 Å². The van der Waals surface area contributed by atoms with Crippen molar-refractivity contribution in [2.45, 2.75) is 12.5 Å². The Kier molecular flexibility index (Phi) is 4.57. The summed E-state index contributed by atoms with van der Waals surface area (Å²) in [7, 11) is 1.63. The van der Waals surface area contributed by atoms with Crippen LogP contribution in [0.5, 0.6) is 0 Å². The van der Waals surface area contributed by atoms with Crippen LogP contribution in [0.3, 0.4) is 0 Å². The van der Waals surface area contributed by atoms with E-state index in [1.807, 2.05) is 18.2 Å². The van der Waals surface area contributed by atoms with Gasteiger partial charge in [0.05, 0.1) is 11.7 Å². The van der Waals surface area contributed by atoms with Crippen molar-refractivity contribution < 1.29 is 9.53 Å². The molecular weight excluding hydrogens is 292 g/mol. The number of ether oxygens (including phenoxy) is 1. The van der Waals surface area contributed by atoms with Crippen molar-refractivity contribution in [1.82, 2.24) is 9.88 Å². The number of aryl methyl sites for hydroxylation is 1. The van der Waals surface area contributed by atoms with Gasteiger partial charge >= 0.3 is 0 Å². The van der Waals surface area contributed by atoms with E-state index in [9.17, 15) is 9.59 Å². The molecule has 0 unspecified atom stereocenters. The molecule has 1 aromatic heterocycles. The monoisotopic (exact) mass is 312 g/mol. The second-order valence-electron chi connectivity index (χ2n) is 5.83. The number of pyridine rings is 1. The highest BCUT2D eigenvalue weighted by Crippen LogP contribution is 2.33. The summed E-state index contributed by atoms with van der Waals surface area (Å²) < 4.78 is 7.23. The molecule has 0 saturated carbocycles. The molecule has 5 nitrogen and oxygen atoms in total. The van der Waals surface area contributed by atoms with Crippen LogP contribution in [0.2, 0.25) is 0 Å². The first-order valence-corrected chi connectivity index (χ1v) is 7.76. The molecule has 2 heterocycles. The molecule has 5 heteroatoms. The SMILES string of the molecule is Cn1cc(C(=O)NC[C@H]2CCO[C@@H]2c2ccccc2)ccc1=O. The zero-order valence-electron chi connectivity index (χ0n) is 13.1. The Morgan fingerprint density at radius 1 is 1.26 bits per heavy atom. The second-order valence-corrected chi connectivity index (χ2v) is 5.83. The number of rotatable bonds is 4. The van der Waals surface area contributed by atoms with Gasteiger partial charge in [0.1, 0.15) is 0 Å². The van der Waals surface area contributed by atoms with Crippen molar-refractivity contribution in [3.8, 4) is 0 Å². The van der Waals surface area contributed by atoms with Crippen molar-refractivity contribution in [2.75, 3.05) is 13.2 Å². The summed E-state index contributed by atoms with van der Waals surface area (Å²) in [6.45, 7) is 1.27. The molecule has 2 aromatic rings. The summed E-state index contributed by atoms with van der Waals surface area (Å²) in [6.07, 6.45) is 2.50. The number of aromatic nitrogens is 1. The van der Waals surface area contributed by atoms with E-state index in [0.717, 1.165) is 12.0 Å². The Labute approximate surface area is 134 Å². The largest absolute Gasteiger partial charge is 0.373 e. The van der Waals surface area contributed by atoms with Crippen LogP contribution < -0.4 is 10.9 Å². The summed E-state index contributed by atoms with van der Waals surface area (Å²) in [5.41, 5.74) is 1.50. The lowest BCUT2D eigenvalue weighted by atomic mass is 9.95. The topological polar surface area (TPSA) is 60.3 Å². The maximum Gasteiger partial charge on any atom is 0.252 e. The molecule has 1 aliphatic heterocycles. The zero-order chi connectivity index (χ0) is 16.2. The minimum absolute atomic E-state index is 0.0247. The summed E-state index contributed by atoms with van der Waals surface area (Å²) in [6, 6.07) is 13.0. The third-order valence-corrected chi connectivity index (χ3v) is 4.22. The molecular formula is C18H20N2O3. The third kappa shape index (κ3) is 3.51. The number of carbonyl (C=O) groups is 1. The average Bonchev–Trinajstić information content (AvgIpc) is 3.04. The highest BCUT2D eigenvalue weighted by molar-refractivity contribution is 5.93. The van der Waals surface area contributed by atoms with Gasteiger partial charge in [0.2, 0.25) is 5.56 Å². The number of nitrogens with zero attached hydrogens (tertiary/aromatic N) is 1. The van der Waals surface area contributed by atoms with E-state index in [4.69, 9.17) is 4.74 Å². The lowest BCUT2D eigenvalue weighted by molar-refractivity contribution is 0.0846. The van der Waals surface area contributed by atoms with Crippen LogP contribution in [0.15, 0.2) is 53.5 Å². The molecule has 1 aliphatic rings. The molecule has 0 radical (unpaired) electrons. The maximum atomic E-state index is 12.2. The molecule has 0 bridgehead atoms. The summed E-state index contributed by atoms with van der Waals surface area (Å²) >= 11 is 0. The van der Waals surface area contributed by atoms with Crippen LogP contribution in [0.25, 0.3) is 0 Å². The van der Waals surface area contributed by atoms with Crippen LogP contribution >= 0.6 is 0 Å². The van der Waals surface area contributed by atoms with Crippen LogP contribution in [0, 0.1) is 5.92 Å². The van der Waals surface area contributed by atoms with E-state index in [0.29, 0.717) is 18.7 Å². The van der Waals surface area contributed by atoms with Crippen LogP contribution in [0.1, 0.15) is 28.4 Å². The maximum absolute atomic E-state index is 12.2. The molecule has 23 heavy (non-hydrogen) atoms. The van der Waals surface area contributed by atoms with Crippen molar-refractivity contribution >= 4 is 5.91 Å². The Bertz CT molecular complexity index is 739. The van der Waals surface area contributed by atoms with E-state index in [-0.39, 0.29) is 23.5 Å². The normalized spacial score (nSPS) is 20.4. The van der Waals surface area contributed by atoms with Gasteiger partial charge in [-0.15, -0.1) is 0 Å². The first-order chi connectivity index (χ1) is 11.1. The molecule has 2 atom stereocenters. The molecule has 1 saturated heterocycles. The number of benzene rings is 1. The molecule has 1 aromatic carbocycles. The number of amides is 1. The fourth-order valence-electron chi connectivity index (χ4n) is 2.91. The first-order valence-electron chi connectivity index (χ1n) is 7.76. The standard InChI is InChI=1S/C18H20N2O3/c1-20-12-15(7-8-16(20)21)18(22)19-11-14-9-10-23-17(14)13-5-3-2-4-6-13/h2-8,12,14,17H,9-11H2,1H3,(H,19,22)/t14-,17-/m1/s1. The summed E-state index contributed by atoms with van der Waals surface area (Å²) in [5.74, 6) is 0.0909. The smallest absolute Gasteiger partial charge is 0.252 e. The summed E-state index contributed by atoms with van der Waals surface area (Å²) in [5, 5.41) is 2.95. The first kappa shape index (κ1) is 15.5. The van der Waals surface area contributed by atoms with E-state index in [1.165, 1.54) is 10.6 Å². The van der Waals surface area contributed by atoms with E-state index >= 15 is 0 Å². The van der Waals surface area contributed by atoms with Gasteiger partial charge in [-0.3, -0.25) is 9.59 Å². The predicted molar refractivity (Wildman–Crippen MR) is 87.3 cm³/mol. The van der Waals surface area contributed by atoms with Crippen LogP contribution in [0.4, 0.5) is 0 Å². The highest BCUT2D eigenvalue weighted by Gasteiger charge is 2.29. The molecule has 120 valence electrons. The minimum Gasteiger partial charge on any atom is -0.373 e. The Hall–Kier alpha value is -2.40. The van der Waals surface area contributed by atoms with Crippen molar-refractivity contribution in [1.29, 1.82) is 0 Å². The van der Waals surface area contributed by atoms with Crippen molar-refractivity contribution in [3.63, 3.8) is 0 Å². The van der Waals surface area contributed by atoms with E-state index < -0.39 is 0 Å². The summed E-state index contributed by atoms with van der Waals surface area (Å²) in [4.78, 5) is 23.6. The molecule has 0 aliphatic carbocycles. The zero-order valence-corrected chi connectivity index (χ0v) is 13.1. The highest BCUT2D eigenvalue weighted by atomic mass is 16.5. The number of nitrogens with one attached hydrogen (secondary N) is 1. The van der Waals surface area contributed by atoms with Gasteiger partial charge in [0, 0.05) is 38.4 Å². The number of hydrogen-bond donors (Lipinski definition) is 1. The molecule has 1 fully saturated rings. The Morgan fingerprint density at radius 3 is 2.78 bits per heavy atom. The lowest BCUT2D eigenvalue weighted by Gasteiger charge is -2.19. The van der Waals surface area contributed by atoms with E-state index in [1.54, 1.807) is 19.3 Å². The second kappa shape index (κ2) is 6.79.